The molecule has 5 heterocycles. The van der Waals surface area contributed by atoms with E-state index in [1.807, 2.05) is 15.9 Å². The average molecular weight is 953 g/mol. The van der Waals surface area contributed by atoms with Gasteiger partial charge in [-0.25, -0.2) is 23.7 Å². The number of nitrogens with one attached hydrogen (secondary N) is 3. The zero-order chi connectivity index (χ0) is 48.5. The van der Waals surface area contributed by atoms with Crippen molar-refractivity contribution in [1.82, 2.24) is 38.9 Å². The third-order valence-electron chi connectivity index (χ3n) is 12.5. The number of amides is 3. The highest BCUT2D eigenvalue weighted by atomic mass is 32.2. The lowest BCUT2D eigenvalue weighted by Crippen LogP contribution is -2.52. The summed E-state index contributed by atoms with van der Waals surface area (Å²) in [5.41, 5.74) is -0.209. The second-order valence-corrected chi connectivity index (χ2v) is 19.6. The van der Waals surface area contributed by atoms with Gasteiger partial charge < -0.3 is 19.9 Å². The zero-order valence-corrected chi connectivity index (χ0v) is 38.6. The van der Waals surface area contributed by atoms with Crippen molar-refractivity contribution in [1.29, 1.82) is 5.26 Å². The maximum absolute atomic E-state index is 15.3. The molecule has 0 spiro atoms. The molecule has 3 N–H and O–H groups in total. The van der Waals surface area contributed by atoms with E-state index < -0.39 is 50.4 Å². The van der Waals surface area contributed by atoms with E-state index >= 15 is 8.78 Å². The number of carbonyl (C=O) groups is 3. The Hall–Kier alpha value is -7.09. The van der Waals surface area contributed by atoms with Crippen molar-refractivity contribution in [2.45, 2.75) is 64.0 Å². The number of benzene rings is 3. The molecule has 3 aliphatic heterocycles. The van der Waals surface area contributed by atoms with E-state index in [1.165, 1.54) is 54.6 Å². The summed E-state index contributed by atoms with van der Waals surface area (Å²) < 4.78 is 67.0. The number of nitrogens with zero attached hydrogens (tertiary/aromatic N) is 9. The van der Waals surface area contributed by atoms with Gasteiger partial charge in [-0.15, -0.1) is 0 Å². The maximum Gasteiger partial charge on any atom is 0.301 e. The number of aromatic nitrogens is 4. The molecule has 0 bridgehead atoms. The van der Waals surface area contributed by atoms with Crippen molar-refractivity contribution < 1.29 is 36.3 Å². The first-order valence-electron chi connectivity index (χ1n) is 22.0. The van der Waals surface area contributed by atoms with Crippen LogP contribution in [0.15, 0.2) is 72.0 Å². The third kappa shape index (κ3) is 10.2. The molecule has 3 fully saturated rings. The molecule has 19 nitrogen and oxygen atoms in total. The van der Waals surface area contributed by atoms with Crippen molar-refractivity contribution in [3.8, 4) is 23.3 Å². The lowest BCUT2D eigenvalue weighted by atomic mass is 9.89. The Labute approximate surface area is 390 Å². The number of likely N-dealkylation sites (tertiary alicyclic amines) is 1. The Morgan fingerprint density at radius 2 is 1.66 bits per heavy atom. The van der Waals surface area contributed by atoms with Crippen LogP contribution < -0.4 is 30.6 Å². The van der Waals surface area contributed by atoms with Crippen LogP contribution in [-0.2, 0) is 24.6 Å². The zero-order valence-electron chi connectivity index (χ0n) is 37.8. The molecule has 1 atom stereocenters. The van der Waals surface area contributed by atoms with Crippen molar-refractivity contribution in [3.63, 3.8) is 0 Å². The topological polar surface area (TPSA) is 228 Å². The highest BCUT2D eigenvalue weighted by Gasteiger charge is 2.32. The number of piperazine rings is 1. The van der Waals surface area contributed by atoms with Crippen molar-refractivity contribution >= 4 is 56.2 Å². The highest BCUT2D eigenvalue weighted by Crippen LogP contribution is 2.35. The number of nitriles is 1. The number of fused-ring (bicyclic) bond motifs is 1. The van der Waals surface area contributed by atoms with E-state index in [1.54, 1.807) is 32.9 Å². The monoisotopic (exact) mass is 952 g/mol. The lowest BCUT2D eigenvalue weighted by Gasteiger charge is -2.37. The smallest absolute Gasteiger partial charge is 0.301 e. The molecule has 3 aromatic carbocycles. The first kappa shape index (κ1) is 47.4. The van der Waals surface area contributed by atoms with Crippen LogP contribution >= 0.6 is 0 Å². The summed E-state index contributed by atoms with van der Waals surface area (Å²) in [7, 11) is -2.78. The van der Waals surface area contributed by atoms with Crippen molar-refractivity contribution in [2.24, 2.45) is 0 Å². The first-order valence-corrected chi connectivity index (χ1v) is 23.5. The molecule has 0 aliphatic carbocycles. The van der Waals surface area contributed by atoms with Gasteiger partial charge in [0.1, 0.15) is 35.6 Å². The summed E-state index contributed by atoms with van der Waals surface area (Å²) >= 11 is 0. The van der Waals surface area contributed by atoms with E-state index in [9.17, 15) is 32.9 Å². The molecule has 356 valence electrons. The molecule has 3 saturated heterocycles. The molecule has 8 rings (SSSR count). The van der Waals surface area contributed by atoms with Gasteiger partial charge in [-0.05, 0) is 107 Å². The summed E-state index contributed by atoms with van der Waals surface area (Å²) in [6, 6.07) is 12.5. The SMILES string of the molecule is CN(C(C)(C)C)S(=O)(=O)Nc1ccc(F)c(Oc2ccc3ncn(-c4cnc(N5CCN(C(=O)CN6CCC(c7ccc(N[C@H]8CCC(=O)NC8=O)cc7F)CC6)CC5)nc4)c(=O)c3c2)c1C#N. The van der Waals surface area contributed by atoms with E-state index in [0.717, 1.165) is 16.4 Å². The van der Waals surface area contributed by atoms with E-state index in [-0.39, 0.29) is 53.3 Å². The van der Waals surface area contributed by atoms with Gasteiger partial charge in [0.05, 0.1) is 41.2 Å². The molecule has 22 heteroatoms. The van der Waals surface area contributed by atoms with Crippen molar-refractivity contribution in [3.05, 3.63) is 100 Å². The molecule has 0 unspecified atom stereocenters. The van der Waals surface area contributed by atoms with Crippen LogP contribution in [0.5, 0.6) is 11.5 Å². The molecular formula is C46H50F2N12O7S. The number of imide groups is 1. The predicted molar refractivity (Wildman–Crippen MR) is 248 cm³/mol. The molecule has 0 radical (unpaired) electrons. The Bertz CT molecular complexity index is 2980. The van der Waals surface area contributed by atoms with E-state index in [4.69, 9.17) is 4.74 Å². The number of carbonyl (C=O) groups excluding carboxylic acids is 3. The van der Waals surface area contributed by atoms with Crippen LogP contribution in [0, 0.1) is 23.0 Å². The number of hydrogen-bond acceptors (Lipinski definition) is 14. The number of piperidine rings is 2. The van der Waals surface area contributed by atoms with Gasteiger partial charge in [-0.3, -0.25) is 38.7 Å². The number of rotatable bonds is 12. The first-order chi connectivity index (χ1) is 32.4. The number of hydrogen-bond donors (Lipinski definition) is 3. The fourth-order valence-electron chi connectivity index (χ4n) is 8.32. The summed E-state index contributed by atoms with van der Waals surface area (Å²) in [5.74, 6) is -2.16. The van der Waals surface area contributed by atoms with Gasteiger partial charge in [-0.1, -0.05) is 6.07 Å². The van der Waals surface area contributed by atoms with Gasteiger partial charge in [0, 0.05) is 50.9 Å². The minimum absolute atomic E-state index is 0.00224. The minimum Gasteiger partial charge on any atom is -0.453 e. The molecule has 3 amide bonds. The van der Waals surface area contributed by atoms with Crippen molar-refractivity contribution in [2.75, 3.05) is 67.8 Å². The quantitative estimate of drug-likeness (QED) is 0.149. The summed E-state index contributed by atoms with van der Waals surface area (Å²) in [6.45, 7) is 8.48. The molecule has 68 heavy (non-hydrogen) atoms. The Morgan fingerprint density at radius 3 is 2.32 bits per heavy atom. The highest BCUT2D eigenvalue weighted by molar-refractivity contribution is 7.90. The normalized spacial score (nSPS) is 17.5. The van der Waals surface area contributed by atoms with Gasteiger partial charge in [0.2, 0.25) is 23.7 Å². The van der Waals surface area contributed by atoms with Crippen LogP contribution in [-0.4, -0.2) is 124 Å². The standard InChI is InChI=1S/C46H50F2N12O7S/c1-46(2,3)56(4)68(65,66)55-38-10-8-35(47)42(34(38)23-49)67-31-6-9-37-33(22-31)44(64)60(27-52-37)30-24-50-45(51-25-30)59-19-17-58(18-20-59)41(62)26-57-15-13-28(14-16-57)32-7-5-29(21-36(32)48)53-39-11-12-40(61)54-43(39)63/h5-10,21-22,24-25,27-28,39,53,55H,11-20,26H2,1-4H3,(H,54,61,63)/t39-/m0/s1. The van der Waals surface area contributed by atoms with Crippen LogP contribution in [0.3, 0.4) is 0 Å². The average Bonchev–Trinajstić information content (AvgIpc) is 3.31. The van der Waals surface area contributed by atoms with Gasteiger partial charge in [-0.2, -0.15) is 18.0 Å². The second kappa shape index (κ2) is 19.3. The second-order valence-electron chi connectivity index (χ2n) is 17.9. The van der Waals surface area contributed by atoms with Crippen LogP contribution in [0.4, 0.5) is 26.1 Å². The molecule has 0 saturated carbocycles. The van der Waals surface area contributed by atoms with Crippen LogP contribution in [0.2, 0.25) is 0 Å². The summed E-state index contributed by atoms with van der Waals surface area (Å²) in [4.78, 5) is 70.0. The van der Waals surface area contributed by atoms with Crippen LogP contribution in [0.25, 0.3) is 16.6 Å². The molecule has 3 aliphatic rings. The maximum atomic E-state index is 15.3. The van der Waals surface area contributed by atoms with Gasteiger partial charge in [0.25, 0.3) is 5.56 Å². The lowest BCUT2D eigenvalue weighted by molar-refractivity contribution is -0.134. The largest absolute Gasteiger partial charge is 0.453 e. The Balaban J connectivity index is 0.850. The number of halogens is 2. The van der Waals surface area contributed by atoms with Crippen LogP contribution in [0.1, 0.15) is 63.5 Å². The van der Waals surface area contributed by atoms with E-state index in [0.29, 0.717) is 86.9 Å². The fraction of sp³-hybridized carbons (Fsp3) is 0.391. The predicted octanol–water partition coefficient (Wildman–Crippen LogP) is 4.25. The third-order valence-corrected chi connectivity index (χ3v) is 14.2. The van der Waals surface area contributed by atoms with Gasteiger partial charge >= 0.3 is 10.2 Å². The number of ether oxygens (including phenoxy) is 1. The summed E-state index contributed by atoms with van der Waals surface area (Å²) in [5, 5.41) is 15.4. The molecular weight excluding hydrogens is 903 g/mol. The minimum atomic E-state index is -4.15. The molecule has 5 aromatic rings. The molecule has 2 aromatic heterocycles. The van der Waals surface area contributed by atoms with E-state index in [2.05, 4.69) is 35.2 Å². The van der Waals surface area contributed by atoms with Gasteiger partial charge in [0.15, 0.2) is 11.6 Å². The Morgan fingerprint density at radius 1 is 0.941 bits per heavy atom. The Kier molecular flexibility index (Phi) is 13.4. The fourth-order valence-corrected chi connectivity index (χ4v) is 9.63. The summed E-state index contributed by atoms with van der Waals surface area (Å²) in [6.07, 6.45) is 6.24. The number of anilines is 3.